The summed E-state index contributed by atoms with van der Waals surface area (Å²) in [6.07, 6.45) is 4.75. The van der Waals surface area contributed by atoms with Gasteiger partial charge in [-0.15, -0.1) is 0 Å². The molecule has 18 heavy (non-hydrogen) atoms. The predicted molar refractivity (Wildman–Crippen MR) is 72.4 cm³/mol. The van der Waals surface area contributed by atoms with Gasteiger partial charge in [-0.2, -0.15) is 5.10 Å². The first-order chi connectivity index (χ1) is 8.63. The summed E-state index contributed by atoms with van der Waals surface area (Å²) in [6, 6.07) is 1.94. The van der Waals surface area contributed by atoms with E-state index in [2.05, 4.69) is 30.8 Å². The molecule has 0 radical (unpaired) electrons. The molecule has 0 bridgehead atoms. The van der Waals surface area contributed by atoms with Gasteiger partial charge in [0.25, 0.3) is 0 Å². The molecule has 102 valence electrons. The van der Waals surface area contributed by atoms with Crippen molar-refractivity contribution < 1.29 is 5.11 Å². The number of hydrogen-bond acceptors (Lipinski definition) is 3. The first-order valence-electron chi connectivity index (χ1n) is 7.08. The van der Waals surface area contributed by atoms with Crippen molar-refractivity contribution in [2.24, 2.45) is 0 Å². The maximum Gasteiger partial charge on any atom is 0.114 e. The Morgan fingerprint density at radius 1 is 1.39 bits per heavy atom. The Balaban J connectivity index is 2.26. The largest absolute Gasteiger partial charge is 0.385 e. The van der Waals surface area contributed by atoms with Crippen LogP contribution in [0.4, 0.5) is 0 Å². The van der Waals surface area contributed by atoms with Crippen LogP contribution in [-0.2, 0) is 6.54 Å². The molecule has 1 aliphatic rings. The van der Waals surface area contributed by atoms with Crippen molar-refractivity contribution in [1.82, 2.24) is 14.7 Å². The molecule has 1 fully saturated rings. The third kappa shape index (κ3) is 2.19. The van der Waals surface area contributed by atoms with Gasteiger partial charge >= 0.3 is 0 Å². The zero-order valence-corrected chi connectivity index (χ0v) is 11.8. The molecular formula is C14H25N3O. The van der Waals surface area contributed by atoms with Crippen molar-refractivity contribution in [2.45, 2.75) is 58.2 Å². The fraction of sp³-hybridized carbons (Fsp3) is 0.786. The highest BCUT2D eigenvalue weighted by Crippen LogP contribution is 2.36. The summed E-state index contributed by atoms with van der Waals surface area (Å²) in [5.41, 5.74) is 0.762. The minimum Gasteiger partial charge on any atom is -0.385 e. The molecule has 0 aliphatic carbocycles. The predicted octanol–water partition coefficient (Wildman–Crippen LogP) is 2.20. The van der Waals surface area contributed by atoms with Crippen molar-refractivity contribution in [2.75, 3.05) is 13.1 Å². The Kier molecular flexibility index (Phi) is 4.07. The number of nitrogens with zero attached hydrogens (tertiary/aromatic N) is 3. The summed E-state index contributed by atoms with van der Waals surface area (Å²) in [4.78, 5) is 2.44. The Bertz CT molecular complexity index is 384. The lowest BCUT2D eigenvalue weighted by atomic mass is 9.87. The van der Waals surface area contributed by atoms with Gasteiger partial charge in [0.2, 0.25) is 0 Å². The van der Waals surface area contributed by atoms with Crippen molar-refractivity contribution in [3.05, 3.63) is 18.0 Å². The van der Waals surface area contributed by atoms with Crippen LogP contribution < -0.4 is 0 Å². The molecular weight excluding hydrogens is 226 g/mol. The Labute approximate surface area is 110 Å². The van der Waals surface area contributed by atoms with E-state index in [9.17, 15) is 5.11 Å². The zero-order chi connectivity index (χ0) is 13.2. The van der Waals surface area contributed by atoms with Crippen LogP contribution in [0.3, 0.4) is 0 Å². The molecule has 0 amide bonds. The molecule has 2 atom stereocenters. The quantitative estimate of drug-likeness (QED) is 0.872. The van der Waals surface area contributed by atoms with Crippen LogP contribution in [0.15, 0.2) is 12.3 Å². The summed E-state index contributed by atoms with van der Waals surface area (Å²) < 4.78 is 1.90. The van der Waals surface area contributed by atoms with Gasteiger partial charge in [0.1, 0.15) is 6.10 Å². The van der Waals surface area contributed by atoms with E-state index in [4.69, 9.17) is 0 Å². The van der Waals surface area contributed by atoms with Crippen LogP contribution in [-0.4, -0.2) is 38.4 Å². The van der Waals surface area contributed by atoms with Crippen LogP contribution in [0, 0.1) is 0 Å². The molecule has 1 saturated heterocycles. The van der Waals surface area contributed by atoms with Gasteiger partial charge in [-0.05, 0) is 52.3 Å². The van der Waals surface area contributed by atoms with E-state index in [0.717, 1.165) is 31.7 Å². The van der Waals surface area contributed by atoms with Crippen LogP contribution in [0.1, 0.15) is 51.8 Å². The van der Waals surface area contributed by atoms with Crippen LogP contribution in [0.2, 0.25) is 0 Å². The second kappa shape index (κ2) is 5.41. The van der Waals surface area contributed by atoms with Crippen molar-refractivity contribution in [3.63, 3.8) is 0 Å². The summed E-state index contributed by atoms with van der Waals surface area (Å²) in [5, 5.41) is 15.1. The summed E-state index contributed by atoms with van der Waals surface area (Å²) in [5.74, 6) is 0. The average molecular weight is 251 g/mol. The van der Waals surface area contributed by atoms with Gasteiger partial charge in [-0.25, -0.2) is 0 Å². The molecule has 2 heterocycles. The number of rotatable bonds is 5. The fourth-order valence-electron chi connectivity index (χ4n) is 2.98. The van der Waals surface area contributed by atoms with Crippen LogP contribution >= 0.6 is 0 Å². The Morgan fingerprint density at radius 2 is 2.06 bits per heavy atom. The van der Waals surface area contributed by atoms with Crippen LogP contribution in [0.5, 0.6) is 0 Å². The molecule has 0 aromatic carbocycles. The van der Waals surface area contributed by atoms with Gasteiger partial charge in [0, 0.05) is 18.3 Å². The highest BCUT2D eigenvalue weighted by molar-refractivity contribution is 5.12. The standard InChI is InChI=1S/C14H25N3O/c1-4-14(3,16-10-6-7-11-16)13(18)12-8-9-15-17(12)5-2/h8-9,13,18H,4-7,10-11H2,1-3H3. The number of aliphatic hydroxyl groups is 1. The third-order valence-electron chi connectivity index (χ3n) is 4.46. The summed E-state index contributed by atoms with van der Waals surface area (Å²) in [7, 11) is 0. The van der Waals surface area contributed by atoms with E-state index >= 15 is 0 Å². The number of hydrogen-bond donors (Lipinski definition) is 1. The Hall–Kier alpha value is -0.870. The van der Waals surface area contributed by atoms with Gasteiger partial charge in [-0.1, -0.05) is 6.92 Å². The molecule has 0 saturated carbocycles. The molecule has 4 heteroatoms. The minimum atomic E-state index is -0.469. The second-order valence-corrected chi connectivity index (χ2v) is 5.38. The van der Waals surface area contributed by atoms with E-state index < -0.39 is 6.10 Å². The molecule has 1 aromatic heterocycles. The molecule has 2 rings (SSSR count). The lowest BCUT2D eigenvalue weighted by molar-refractivity contribution is -0.0187. The molecule has 2 unspecified atom stereocenters. The highest BCUT2D eigenvalue weighted by atomic mass is 16.3. The number of aryl methyl sites for hydroxylation is 1. The molecule has 1 aromatic rings. The maximum absolute atomic E-state index is 10.8. The van der Waals surface area contributed by atoms with Gasteiger partial charge < -0.3 is 5.11 Å². The van der Waals surface area contributed by atoms with Gasteiger partial charge in [-0.3, -0.25) is 9.58 Å². The normalized spacial score (nSPS) is 22.0. The van der Waals surface area contributed by atoms with Crippen molar-refractivity contribution in [1.29, 1.82) is 0 Å². The summed E-state index contributed by atoms with van der Waals surface area (Å²) >= 11 is 0. The smallest absolute Gasteiger partial charge is 0.114 e. The van der Waals surface area contributed by atoms with Crippen LogP contribution in [0.25, 0.3) is 0 Å². The third-order valence-corrected chi connectivity index (χ3v) is 4.46. The first-order valence-corrected chi connectivity index (χ1v) is 7.08. The SMILES string of the molecule is CCn1nccc1C(O)C(C)(CC)N1CCCC1. The first kappa shape index (κ1) is 13.6. The van der Waals surface area contributed by atoms with E-state index in [1.807, 2.05) is 10.7 Å². The summed E-state index contributed by atoms with van der Waals surface area (Å²) in [6.45, 7) is 9.40. The number of aliphatic hydroxyl groups excluding tert-OH is 1. The monoisotopic (exact) mass is 251 g/mol. The second-order valence-electron chi connectivity index (χ2n) is 5.38. The molecule has 1 N–H and O–H groups in total. The zero-order valence-electron chi connectivity index (χ0n) is 11.8. The fourth-order valence-corrected chi connectivity index (χ4v) is 2.98. The number of likely N-dealkylation sites (tertiary alicyclic amines) is 1. The van der Waals surface area contributed by atoms with Crippen molar-refractivity contribution >= 4 is 0 Å². The molecule has 4 nitrogen and oxygen atoms in total. The van der Waals surface area contributed by atoms with Crippen molar-refractivity contribution in [3.8, 4) is 0 Å². The minimum absolute atomic E-state index is 0.177. The molecule has 0 spiro atoms. The number of aromatic nitrogens is 2. The van der Waals surface area contributed by atoms with E-state index in [0.29, 0.717) is 0 Å². The Morgan fingerprint density at radius 3 is 2.61 bits per heavy atom. The molecule has 1 aliphatic heterocycles. The topological polar surface area (TPSA) is 41.3 Å². The average Bonchev–Trinajstić information content (AvgIpc) is 3.06. The highest BCUT2D eigenvalue weighted by Gasteiger charge is 2.40. The lowest BCUT2D eigenvalue weighted by Gasteiger charge is -2.42. The maximum atomic E-state index is 10.8. The van der Waals surface area contributed by atoms with Gasteiger partial charge in [0.05, 0.1) is 5.69 Å². The van der Waals surface area contributed by atoms with E-state index in [-0.39, 0.29) is 5.54 Å². The van der Waals surface area contributed by atoms with E-state index in [1.54, 1.807) is 6.20 Å². The van der Waals surface area contributed by atoms with E-state index in [1.165, 1.54) is 12.8 Å². The van der Waals surface area contributed by atoms with Gasteiger partial charge in [0.15, 0.2) is 0 Å². The lowest BCUT2D eigenvalue weighted by Crippen LogP contribution is -2.49.